The molecule has 204 valence electrons. The Balaban J connectivity index is 3.92. The van der Waals surface area contributed by atoms with E-state index in [1.54, 1.807) is 0 Å². The average Bonchev–Trinajstić information content (AvgIpc) is 2.84. The van der Waals surface area contributed by atoms with Gasteiger partial charge in [-0.15, -0.1) is 0 Å². The average molecular weight is 485 g/mol. The summed E-state index contributed by atoms with van der Waals surface area (Å²) in [7, 11) is 0. The lowest BCUT2D eigenvalue weighted by Gasteiger charge is -2.19. The minimum Gasteiger partial charge on any atom is -0.466 e. The third-order valence-electron chi connectivity index (χ3n) is 6.43. The fraction of sp³-hybridized carbons (Fsp3) is 0.967. The predicted molar refractivity (Wildman–Crippen MR) is 145 cm³/mol. The van der Waals surface area contributed by atoms with E-state index in [1.165, 1.54) is 96.3 Å². The van der Waals surface area contributed by atoms with Gasteiger partial charge in [-0.3, -0.25) is 4.79 Å². The van der Waals surface area contributed by atoms with E-state index in [-0.39, 0.29) is 12.3 Å². The minimum absolute atomic E-state index is 0.0499. The molecule has 0 unspecified atom stereocenters. The van der Waals surface area contributed by atoms with Crippen LogP contribution in [0.1, 0.15) is 162 Å². The van der Waals surface area contributed by atoms with Gasteiger partial charge in [0, 0.05) is 19.6 Å². The maximum absolute atomic E-state index is 12.0. The minimum atomic E-state index is -0.120. The Bertz CT molecular complexity index is 381. The first kappa shape index (κ1) is 33.4. The molecule has 0 aliphatic carbocycles. The van der Waals surface area contributed by atoms with Crippen LogP contribution >= 0.6 is 0 Å². The molecule has 0 radical (unpaired) electrons. The van der Waals surface area contributed by atoms with E-state index in [0.717, 1.165) is 51.7 Å². The maximum atomic E-state index is 12.0. The smallest absolute Gasteiger partial charge is 0.305 e. The van der Waals surface area contributed by atoms with Crippen LogP contribution < -0.4 is 0 Å². The molecule has 0 spiro atoms. The second-order valence-corrected chi connectivity index (χ2v) is 9.94. The monoisotopic (exact) mass is 484 g/mol. The highest BCUT2D eigenvalue weighted by atomic mass is 16.7. The maximum Gasteiger partial charge on any atom is 0.305 e. The molecule has 0 aromatic heterocycles. The zero-order valence-corrected chi connectivity index (χ0v) is 23.4. The highest BCUT2D eigenvalue weighted by Gasteiger charge is 2.11. The van der Waals surface area contributed by atoms with E-state index in [2.05, 4.69) is 20.8 Å². The highest BCUT2D eigenvalue weighted by Crippen LogP contribution is 2.13. The third kappa shape index (κ3) is 26.0. The van der Waals surface area contributed by atoms with Gasteiger partial charge in [-0.1, -0.05) is 117 Å². The molecule has 0 bridgehead atoms. The van der Waals surface area contributed by atoms with Crippen molar-refractivity contribution < 1.29 is 19.0 Å². The molecule has 0 N–H and O–H groups in total. The van der Waals surface area contributed by atoms with Crippen molar-refractivity contribution in [2.75, 3.05) is 19.8 Å². The van der Waals surface area contributed by atoms with Gasteiger partial charge in [0.1, 0.15) is 0 Å². The van der Waals surface area contributed by atoms with Crippen molar-refractivity contribution >= 4 is 5.97 Å². The van der Waals surface area contributed by atoms with Gasteiger partial charge in [0.15, 0.2) is 6.29 Å². The molecule has 0 amide bonds. The molecular formula is C30H60O4. The van der Waals surface area contributed by atoms with Gasteiger partial charge < -0.3 is 14.2 Å². The predicted octanol–water partition coefficient (Wildman–Crippen LogP) is 9.53. The Morgan fingerprint density at radius 1 is 0.500 bits per heavy atom. The molecule has 0 atom stereocenters. The van der Waals surface area contributed by atoms with E-state index < -0.39 is 0 Å². The number of rotatable bonds is 28. The van der Waals surface area contributed by atoms with Crippen LogP contribution in [0.5, 0.6) is 0 Å². The molecule has 0 aromatic carbocycles. The molecule has 0 aliphatic heterocycles. The fourth-order valence-electron chi connectivity index (χ4n) is 4.13. The van der Waals surface area contributed by atoms with E-state index in [0.29, 0.717) is 13.0 Å². The number of esters is 1. The van der Waals surface area contributed by atoms with Crippen LogP contribution in [-0.2, 0) is 19.0 Å². The molecule has 34 heavy (non-hydrogen) atoms. The Kier molecular flexibility index (Phi) is 28.1. The van der Waals surface area contributed by atoms with Crippen molar-refractivity contribution in [3.05, 3.63) is 0 Å². The molecule has 0 aromatic rings. The number of hydrogen-bond donors (Lipinski definition) is 0. The topological polar surface area (TPSA) is 44.8 Å². The Morgan fingerprint density at radius 3 is 1.38 bits per heavy atom. The Morgan fingerprint density at radius 2 is 0.912 bits per heavy atom. The molecule has 0 aliphatic rings. The number of carbonyl (C=O) groups is 1. The van der Waals surface area contributed by atoms with E-state index in [1.807, 2.05) is 0 Å². The molecule has 0 fully saturated rings. The molecule has 0 saturated carbocycles. The molecule has 4 nitrogen and oxygen atoms in total. The normalized spacial score (nSPS) is 11.4. The zero-order valence-electron chi connectivity index (χ0n) is 23.4. The Hall–Kier alpha value is -0.610. The number of unbranched alkanes of at least 4 members (excludes halogenated alkanes) is 16. The first-order valence-corrected chi connectivity index (χ1v) is 15.1. The summed E-state index contributed by atoms with van der Waals surface area (Å²) in [6.07, 6.45) is 25.6. The lowest BCUT2D eigenvalue weighted by molar-refractivity contribution is -0.149. The van der Waals surface area contributed by atoms with E-state index in [9.17, 15) is 4.79 Å². The number of carbonyl (C=O) groups excluding carboxylic acids is 1. The van der Waals surface area contributed by atoms with Crippen molar-refractivity contribution in [2.45, 2.75) is 168 Å². The molecular weight excluding hydrogens is 424 g/mol. The highest BCUT2D eigenvalue weighted by molar-refractivity contribution is 5.69. The summed E-state index contributed by atoms with van der Waals surface area (Å²) in [5.41, 5.74) is 0. The van der Waals surface area contributed by atoms with Gasteiger partial charge in [0.25, 0.3) is 0 Å². The van der Waals surface area contributed by atoms with E-state index in [4.69, 9.17) is 14.2 Å². The SMILES string of the molecule is CCCCCCCCOC(=O)CCCCC(OCCCCCCCC)OCCCCCCCC. The van der Waals surface area contributed by atoms with Crippen LogP contribution in [0.4, 0.5) is 0 Å². The van der Waals surface area contributed by atoms with Gasteiger partial charge in [-0.05, 0) is 38.5 Å². The van der Waals surface area contributed by atoms with Crippen LogP contribution in [0.25, 0.3) is 0 Å². The van der Waals surface area contributed by atoms with E-state index >= 15 is 0 Å². The second-order valence-electron chi connectivity index (χ2n) is 9.94. The summed E-state index contributed by atoms with van der Waals surface area (Å²) in [6, 6.07) is 0. The standard InChI is InChI=1S/C30H60O4/c1-4-7-10-13-16-21-26-32-29(31)24-19-20-25-30(33-27-22-17-14-11-8-5-2)34-28-23-18-15-12-9-6-3/h30H,4-28H2,1-3H3. The summed E-state index contributed by atoms with van der Waals surface area (Å²) < 4.78 is 17.6. The molecule has 0 rings (SSSR count). The molecule has 0 heterocycles. The lowest BCUT2D eigenvalue weighted by Crippen LogP contribution is -2.19. The van der Waals surface area contributed by atoms with Crippen LogP contribution in [-0.4, -0.2) is 32.1 Å². The fourth-order valence-corrected chi connectivity index (χ4v) is 4.13. The number of ether oxygens (including phenoxy) is 3. The van der Waals surface area contributed by atoms with Crippen LogP contribution in [0, 0.1) is 0 Å². The summed E-state index contributed by atoms with van der Waals surface area (Å²) in [6.45, 7) is 8.89. The van der Waals surface area contributed by atoms with Gasteiger partial charge >= 0.3 is 5.97 Å². The van der Waals surface area contributed by atoms with Crippen molar-refractivity contribution in [1.82, 2.24) is 0 Å². The summed E-state index contributed by atoms with van der Waals surface area (Å²) in [4.78, 5) is 12.0. The largest absolute Gasteiger partial charge is 0.466 e. The van der Waals surface area contributed by atoms with Crippen LogP contribution in [0.3, 0.4) is 0 Å². The summed E-state index contributed by atoms with van der Waals surface area (Å²) in [5.74, 6) is -0.0499. The summed E-state index contributed by atoms with van der Waals surface area (Å²) in [5, 5.41) is 0. The van der Waals surface area contributed by atoms with Crippen LogP contribution in [0.15, 0.2) is 0 Å². The first-order chi connectivity index (χ1) is 16.7. The third-order valence-corrected chi connectivity index (χ3v) is 6.43. The second kappa shape index (κ2) is 28.6. The summed E-state index contributed by atoms with van der Waals surface area (Å²) >= 11 is 0. The first-order valence-electron chi connectivity index (χ1n) is 15.1. The van der Waals surface area contributed by atoms with Crippen molar-refractivity contribution in [3.8, 4) is 0 Å². The quantitative estimate of drug-likeness (QED) is 0.0630. The van der Waals surface area contributed by atoms with Gasteiger partial charge in [0.2, 0.25) is 0 Å². The van der Waals surface area contributed by atoms with Crippen molar-refractivity contribution in [2.24, 2.45) is 0 Å². The van der Waals surface area contributed by atoms with Gasteiger partial charge in [0.05, 0.1) is 6.61 Å². The molecule has 4 heteroatoms. The Labute approximate surface area is 213 Å². The van der Waals surface area contributed by atoms with Crippen molar-refractivity contribution in [1.29, 1.82) is 0 Å². The lowest BCUT2D eigenvalue weighted by atomic mass is 10.1. The van der Waals surface area contributed by atoms with Crippen LogP contribution in [0.2, 0.25) is 0 Å². The van der Waals surface area contributed by atoms with Crippen molar-refractivity contribution in [3.63, 3.8) is 0 Å². The van der Waals surface area contributed by atoms with Gasteiger partial charge in [-0.25, -0.2) is 0 Å². The van der Waals surface area contributed by atoms with Gasteiger partial charge in [-0.2, -0.15) is 0 Å². The molecule has 0 saturated heterocycles. The number of hydrogen-bond acceptors (Lipinski definition) is 4. The zero-order chi connectivity index (χ0) is 25.0.